The predicted octanol–water partition coefficient (Wildman–Crippen LogP) is 3.50. The standard InChI is InChI=1S/C17H14O5/c1-8(2)15-12(18)4-3-9-10-5-13-14(21-7-20-13)6-11(10)17(19)22-16(9)15/h3-6,8,18H,7H2,1-2H3. The van der Waals surface area contributed by atoms with Crippen molar-refractivity contribution in [2.75, 3.05) is 6.79 Å². The second kappa shape index (κ2) is 4.40. The van der Waals surface area contributed by atoms with Gasteiger partial charge in [0.1, 0.15) is 11.3 Å². The number of hydrogen-bond acceptors (Lipinski definition) is 5. The number of fused-ring (bicyclic) bond motifs is 4. The molecule has 0 fully saturated rings. The third-order valence-corrected chi connectivity index (χ3v) is 3.97. The van der Waals surface area contributed by atoms with Gasteiger partial charge in [0.05, 0.1) is 5.39 Å². The minimum Gasteiger partial charge on any atom is -0.508 e. The van der Waals surface area contributed by atoms with E-state index in [0.29, 0.717) is 28.0 Å². The smallest absolute Gasteiger partial charge is 0.344 e. The number of phenols is 1. The molecule has 0 atom stereocenters. The molecule has 112 valence electrons. The summed E-state index contributed by atoms with van der Waals surface area (Å²) in [6.07, 6.45) is 0. The molecule has 0 spiro atoms. The van der Waals surface area contributed by atoms with Crippen molar-refractivity contribution in [1.29, 1.82) is 0 Å². The molecule has 2 aromatic carbocycles. The minimum atomic E-state index is -0.451. The highest BCUT2D eigenvalue weighted by molar-refractivity contribution is 6.07. The Morgan fingerprint density at radius 3 is 2.41 bits per heavy atom. The van der Waals surface area contributed by atoms with E-state index in [1.54, 1.807) is 24.3 Å². The van der Waals surface area contributed by atoms with Gasteiger partial charge in [0.15, 0.2) is 11.5 Å². The van der Waals surface area contributed by atoms with Gasteiger partial charge in [0.25, 0.3) is 0 Å². The lowest BCUT2D eigenvalue weighted by molar-refractivity contribution is 0.174. The Morgan fingerprint density at radius 1 is 1.05 bits per heavy atom. The number of rotatable bonds is 1. The number of aromatic hydroxyl groups is 1. The molecule has 0 radical (unpaired) electrons. The zero-order valence-electron chi connectivity index (χ0n) is 12.2. The van der Waals surface area contributed by atoms with Gasteiger partial charge < -0.3 is 19.0 Å². The molecule has 1 aliphatic rings. The molecule has 0 saturated carbocycles. The lowest BCUT2D eigenvalue weighted by Crippen LogP contribution is -2.02. The van der Waals surface area contributed by atoms with Gasteiger partial charge in [-0.3, -0.25) is 0 Å². The second-order valence-electron chi connectivity index (χ2n) is 5.67. The highest BCUT2D eigenvalue weighted by Gasteiger charge is 2.20. The van der Waals surface area contributed by atoms with Crippen molar-refractivity contribution in [3.8, 4) is 17.2 Å². The van der Waals surface area contributed by atoms with E-state index in [0.717, 1.165) is 10.8 Å². The van der Waals surface area contributed by atoms with Gasteiger partial charge in [-0.05, 0) is 30.2 Å². The molecule has 1 aromatic heterocycles. The fourth-order valence-electron chi connectivity index (χ4n) is 2.95. The molecule has 0 aliphatic carbocycles. The monoisotopic (exact) mass is 298 g/mol. The normalized spacial score (nSPS) is 13.4. The van der Waals surface area contributed by atoms with Gasteiger partial charge in [-0.2, -0.15) is 0 Å². The van der Waals surface area contributed by atoms with Gasteiger partial charge >= 0.3 is 5.63 Å². The summed E-state index contributed by atoms with van der Waals surface area (Å²) in [6.45, 7) is 4.03. The maximum Gasteiger partial charge on any atom is 0.344 e. The molecule has 0 bridgehead atoms. The molecule has 3 aromatic rings. The average Bonchev–Trinajstić information content (AvgIpc) is 2.92. The van der Waals surface area contributed by atoms with Crippen LogP contribution in [0.15, 0.2) is 33.5 Å². The number of benzene rings is 2. The van der Waals surface area contributed by atoms with Crippen molar-refractivity contribution in [3.63, 3.8) is 0 Å². The zero-order valence-corrected chi connectivity index (χ0v) is 12.2. The summed E-state index contributed by atoms with van der Waals surface area (Å²) in [5, 5.41) is 12.0. The third-order valence-electron chi connectivity index (χ3n) is 3.97. The number of hydrogen-bond donors (Lipinski definition) is 1. The van der Waals surface area contributed by atoms with E-state index in [2.05, 4.69) is 0 Å². The SMILES string of the molecule is CC(C)c1c(O)ccc2c1oc(=O)c1cc3c(cc12)OCO3. The molecular formula is C17H14O5. The molecule has 0 unspecified atom stereocenters. The Hall–Kier alpha value is -2.69. The zero-order chi connectivity index (χ0) is 15.4. The highest BCUT2D eigenvalue weighted by Crippen LogP contribution is 2.40. The predicted molar refractivity (Wildman–Crippen MR) is 81.9 cm³/mol. The lowest BCUT2D eigenvalue weighted by atomic mass is 9.97. The molecule has 0 saturated heterocycles. The van der Waals surface area contributed by atoms with Gasteiger partial charge in [0.2, 0.25) is 6.79 Å². The van der Waals surface area contributed by atoms with E-state index in [1.165, 1.54) is 0 Å². The Morgan fingerprint density at radius 2 is 1.73 bits per heavy atom. The van der Waals surface area contributed by atoms with Crippen LogP contribution in [0.25, 0.3) is 21.7 Å². The van der Waals surface area contributed by atoms with Crippen molar-refractivity contribution >= 4 is 21.7 Å². The van der Waals surface area contributed by atoms with Crippen LogP contribution in [0.5, 0.6) is 17.2 Å². The molecular weight excluding hydrogens is 284 g/mol. The maximum atomic E-state index is 12.3. The summed E-state index contributed by atoms with van der Waals surface area (Å²) in [4.78, 5) is 12.3. The van der Waals surface area contributed by atoms with Crippen molar-refractivity contribution in [2.24, 2.45) is 0 Å². The van der Waals surface area contributed by atoms with Crippen LogP contribution in [0.3, 0.4) is 0 Å². The van der Waals surface area contributed by atoms with Gasteiger partial charge in [-0.15, -0.1) is 0 Å². The van der Waals surface area contributed by atoms with Gasteiger partial charge in [-0.25, -0.2) is 4.79 Å². The van der Waals surface area contributed by atoms with Crippen LogP contribution in [0.1, 0.15) is 25.3 Å². The largest absolute Gasteiger partial charge is 0.508 e. The van der Waals surface area contributed by atoms with Crippen LogP contribution >= 0.6 is 0 Å². The maximum absolute atomic E-state index is 12.3. The molecule has 22 heavy (non-hydrogen) atoms. The highest BCUT2D eigenvalue weighted by atomic mass is 16.7. The fourth-order valence-corrected chi connectivity index (χ4v) is 2.95. The molecule has 4 rings (SSSR count). The summed E-state index contributed by atoms with van der Waals surface area (Å²) in [7, 11) is 0. The van der Waals surface area contributed by atoms with Crippen LogP contribution in [0, 0.1) is 0 Å². The summed E-state index contributed by atoms with van der Waals surface area (Å²) in [6, 6.07) is 6.81. The molecule has 2 heterocycles. The van der Waals surface area contributed by atoms with E-state index >= 15 is 0 Å². The summed E-state index contributed by atoms with van der Waals surface area (Å²) in [5.41, 5.74) is 0.605. The average molecular weight is 298 g/mol. The van der Waals surface area contributed by atoms with Crippen LogP contribution < -0.4 is 15.1 Å². The quantitative estimate of drug-likeness (QED) is 0.550. The summed E-state index contributed by atoms with van der Waals surface area (Å²) in [5.74, 6) is 1.31. The van der Waals surface area contributed by atoms with Gasteiger partial charge in [0, 0.05) is 16.3 Å². The molecule has 1 N–H and O–H groups in total. The minimum absolute atomic E-state index is 0.0262. The van der Waals surface area contributed by atoms with Crippen molar-refractivity contribution in [3.05, 3.63) is 40.2 Å². The van der Waals surface area contributed by atoms with Crippen LogP contribution in [0.4, 0.5) is 0 Å². The van der Waals surface area contributed by atoms with E-state index in [-0.39, 0.29) is 18.5 Å². The summed E-state index contributed by atoms with van der Waals surface area (Å²) >= 11 is 0. The Balaban J connectivity index is 2.21. The molecule has 0 amide bonds. The topological polar surface area (TPSA) is 68.9 Å². The summed E-state index contributed by atoms with van der Waals surface area (Å²) < 4.78 is 16.2. The van der Waals surface area contributed by atoms with Crippen molar-refractivity contribution in [1.82, 2.24) is 0 Å². The number of phenolic OH excluding ortho intramolecular Hbond substituents is 1. The van der Waals surface area contributed by atoms with E-state index in [1.807, 2.05) is 13.8 Å². The van der Waals surface area contributed by atoms with Crippen molar-refractivity contribution < 1.29 is 19.0 Å². The first-order chi connectivity index (χ1) is 10.6. The number of ether oxygens (including phenoxy) is 2. The Labute approximate surface area is 125 Å². The Bertz CT molecular complexity index is 968. The van der Waals surface area contributed by atoms with E-state index in [9.17, 15) is 9.90 Å². The fraction of sp³-hybridized carbons (Fsp3) is 0.235. The third kappa shape index (κ3) is 1.68. The molecule has 5 heteroatoms. The first-order valence-corrected chi connectivity index (χ1v) is 7.08. The van der Waals surface area contributed by atoms with E-state index in [4.69, 9.17) is 13.9 Å². The van der Waals surface area contributed by atoms with Crippen LogP contribution in [-0.2, 0) is 0 Å². The van der Waals surface area contributed by atoms with Crippen LogP contribution in [-0.4, -0.2) is 11.9 Å². The second-order valence-corrected chi connectivity index (χ2v) is 5.67. The molecule has 1 aliphatic heterocycles. The van der Waals surface area contributed by atoms with Crippen LogP contribution in [0.2, 0.25) is 0 Å². The Kier molecular flexibility index (Phi) is 2.60. The van der Waals surface area contributed by atoms with E-state index < -0.39 is 5.63 Å². The lowest BCUT2D eigenvalue weighted by Gasteiger charge is -2.12. The van der Waals surface area contributed by atoms with Crippen molar-refractivity contribution in [2.45, 2.75) is 19.8 Å². The van der Waals surface area contributed by atoms with Gasteiger partial charge in [-0.1, -0.05) is 13.8 Å². The first-order valence-electron chi connectivity index (χ1n) is 7.08. The first kappa shape index (κ1) is 13.0. The molecule has 5 nitrogen and oxygen atoms in total.